The maximum Gasteiger partial charge on any atom is 0.269 e. The van der Waals surface area contributed by atoms with Gasteiger partial charge in [0.05, 0.1) is 17.4 Å². The van der Waals surface area contributed by atoms with Gasteiger partial charge in [-0.05, 0) is 30.7 Å². The van der Waals surface area contributed by atoms with Gasteiger partial charge in [-0.15, -0.1) is 0 Å². The van der Waals surface area contributed by atoms with Gasteiger partial charge in [-0.1, -0.05) is 41.9 Å². The number of hydrogen-bond donors (Lipinski definition) is 1. The first-order chi connectivity index (χ1) is 13.3. The largest absolute Gasteiger partial charge is 0.349 e. The molecular formula is C19H19ClN2O4S2. The van der Waals surface area contributed by atoms with Crippen LogP contribution in [0.4, 0.5) is 0 Å². The summed E-state index contributed by atoms with van der Waals surface area (Å²) in [7, 11) is -3.80. The molecule has 0 fully saturated rings. The van der Waals surface area contributed by atoms with Crippen LogP contribution < -0.4 is 5.32 Å². The first kappa shape index (κ1) is 20.7. The molecule has 148 valence electrons. The zero-order valence-electron chi connectivity index (χ0n) is 15.1. The van der Waals surface area contributed by atoms with Crippen molar-refractivity contribution < 1.29 is 18.0 Å². The zero-order valence-corrected chi connectivity index (χ0v) is 17.5. The van der Waals surface area contributed by atoms with Crippen LogP contribution in [0.15, 0.2) is 53.4 Å². The molecule has 1 N–H and O–H groups in total. The van der Waals surface area contributed by atoms with Crippen molar-refractivity contribution in [3.05, 3.63) is 64.7 Å². The number of thioether (sulfide) groups is 1. The van der Waals surface area contributed by atoms with Gasteiger partial charge in [0.1, 0.15) is 4.90 Å². The van der Waals surface area contributed by atoms with Crippen molar-refractivity contribution in [3.63, 3.8) is 0 Å². The van der Waals surface area contributed by atoms with Crippen molar-refractivity contribution in [1.82, 2.24) is 9.62 Å². The molecule has 28 heavy (non-hydrogen) atoms. The number of hydrogen-bond acceptors (Lipinski definition) is 5. The lowest BCUT2D eigenvalue weighted by Crippen LogP contribution is -2.33. The maximum absolute atomic E-state index is 12.5. The molecule has 0 saturated heterocycles. The highest BCUT2D eigenvalue weighted by Gasteiger charge is 2.40. The predicted molar refractivity (Wildman–Crippen MR) is 110 cm³/mol. The summed E-state index contributed by atoms with van der Waals surface area (Å²) in [5.41, 5.74) is 1.02. The standard InChI is InChI=1S/C19H19ClN2O4S2/c1-13(14-6-2-4-8-16(14)20)21-18(23)12-27-11-10-22-19(24)15-7-3-5-9-17(15)28(22,25)26/h2-9,13H,10-12H2,1H3,(H,21,23)/t13-/m1/s1. The molecule has 2 amide bonds. The Hall–Kier alpha value is -2.03. The third kappa shape index (κ3) is 4.19. The molecule has 0 radical (unpaired) electrons. The van der Waals surface area contributed by atoms with Crippen molar-refractivity contribution in [1.29, 1.82) is 0 Å². The summed E-state index contributed by atoms with van der Waals surface area (Å²) in [5, 5.41) is 3.45. The summed E-state index contributed by atoms with van der Waals surface area (Å²) < 4.78 is 25.8. The maximum atomic E-state index is 12.5. The number of halogens is 1. The van der Waals surface area contributed by atoms with E-state index in [4.69, 9.17) is 11.6 Å². The van der Waals surface area contributed by atoms with Gasteiger partial charge in [0.15, 0.2) is 0 Å². The highest BCUT2D eigenvalue weighted by Crippen LogP contribution is 2.30. The quantitative estimate of drug-likeness (QED) is 0.671. The second kappa shape index (κ2) is 8.55. The highest BCUT2D eigenvalue weighted by molar-refractivity contribution is 8.00. The van der Waals surface area contributed by atoms with Crippen molar-refractivity contribution in [3.8, 4) is 0 Å². The fourth-order valence-electron chi connectivity index (χ4n) is 2.95. The van der Waals surface area contributed by atoms with Crippen LogP contribution in [0.1, 0.15) is 28.9 Å². The molecule has 2 aromatic rings. The number of benzene rings is 2. The molecule has 1 aliphatic heterocycles. The lowest BCUT2D eigenvalue weighted by molar-refractivity contribution is -0.119. The zero-order chi connectivity index (χ0) is 20.3. The molecule has 1 heterocycles. The van der Waals surface area contributed by atoms with Crippen LogP contribution in [0.5, 0.6) is 0 Å². The van der Waals surface area contributed by atoms with E-state index in [0.29, 0.717) is 10.8 Å². The molecule has 0 unspecified atom stereocenters. The van der Waals surface area contributed by atoms with E-state index in [1.54, 1.807) is 18.2 Å². The predicted octanol–water partition coefficient (Wildman–Crippen LogP) is 3.10. The number of nitrogens with zero attached hydrogens (tertiary/aromatic N) is 1. The van der Waals surface area contributed by atoms with Gasteiger partial charge in [-0.3, -0.25) is 9.59 Å². The monoisotopic (exact) mass is 438 g/mol. The number of carbonyl (C=O) groups is 2. The van der Waals surface area contributed by atoms with Crippen molar-refractivity contribution >= 4 is 45.2 Å². The number of amides is 2. The number of sulfonamides is 1. The third-order valence-electron chi connectivity index (χ3n) is 4.33. The number of carbonyl (C=O) groups excluding carboxylic acids is 2. The van der Waals surface area contributed by atoms with Crippen LogP contribution in [0.2, 0.25) is 5.02 Å². The van der Waals surface area contributed by atoms with E-state index >= 15 is 0 Å². The van der Waals surface area contributed by atoms with Crippen molar-refractivity contribution in [2.75, 3.05) is 18.1 Å². The molecule has 0 bridgehead atoms. The normalized spacial score (nSPS) is 15.9. The summed E-state index contributed by atoms with van der Waals surface area (Å²) in [6.45, 7) is 1.87. The van der Waals surface area contributed by atoms with E-state index in [9.17, 15) is 18.0 Å². The Balaban J connectivity index is 1.49. The Kier molecular flexibility index (Phi) is 6.32. The molecule has 2 aromatic carbocycles. The third-order valence-corrected chi connectivity index (χ3v) is 7.46. The average Bonchev–Trinajstić information content (AvgIpc) is 2.86. The molecular weight excluding hydrogens is 420 g/mol. The second-order valence-electron chi connectivity index (χ2n) is 6.24. The lowest BCUT2D eigenvalue weighted by atomic mass is 10.1. The molecule has 0 aromatic heterocycles. The average molecular weight is 439 g/mol. The first-order valence-electron chi connectivity index (χ1n) is 8.60. The van der Waals surface area contributed by atoms with Crippen LogP contribution in [0.25, 0.3) is 0 Å². The fourth-order valence-corrected chi connectivity index (χ4v) is 5.66. The van der Waals surface area contributed by atoms with Gasteiger partial charge >= 0.3 is 0 Å². The van der Waals surface area contributed by atoms with Crippen LogP contribution in [0.3, 0.4) is 0 Å². The van der Waals surface area contributed by atoms with E-state index in [1.165, 1.54) is 23.9 Å². The van der Waals surface area contributed by atoms with Gasteiger partial charge in [-0.2, -0.15) is 11.8 Å². The molecule has 0 saturated carbocycles. The Morgan fingerprint density at radius 2 is 1.86 bits per heavy atom. The van der Waals surface area contributed by atoms with E-state index < -0.39 is 15.9 Å². The molecule has 9 heteroatoms. The smallest absolute Gasteiger partial charge is 0.269 e. The minimum absolute atomic E-state index is 0.0217. The summed E-state index contributed by atoms with van der Waals surface area (Å²) in [5.74, 6) is -0.222. The van der Waals surface area contributed by atoms with Crippen LogP contribution >= 0.6 is 23.4 Å². The van der Waals surface area contributed by atoms with Crippen molar-refractivity contribution in [2.24, 2.45) is 0 Å². The van der Waals surface area contributed by atoms with Gasteiger partial charge in [0.25, 0.3) is 15.9 Å². The van der Waals surface area contributed by atoms with E-state index in [0.717, 1.165) is 9.87 Å². The van der Waals surface area contributed by atoms with Crippen molar-refractivity contribution in [2.45, 2.75) is 17.9 Å². The topological polar surface area (TPSA) is 83.6 Å². The van der Waals surface area contributed by atoms with Gasteiger partial charge < -0.3 is 5.32 Å². The summed E-state index contributed by atoms with van der Waals surface area (Å²) in [4.78, 5) is 24.5. The summed E-state index contributed by atoms with van der Waals surface area (Å²) in [6, 6.07) is 13.2. The summed E-state index contributed by atoms with van der Waals surface area (Å²) >= 11 is 7.40. The number of nitrogens with one attached hydrogen (secondary N) is 1. The Morgan fingerprint density at radius 1 is 1.18 bits per heavy atom. The van der Waals surface area contributed by atoms with Crippen LogP contribution in [0, 0.1) is 0 Å². The molecule has 1 atom stereocenters. The molecule has 3 rings (SSSR count). The molecule has 0 aliphatic carbocycles. The Labute approximate surface area is 173 Å². The van der Waals surface area contributed by atoms with Gasteiger partial charge in [0.2, 0.25) is 5.91 Å². The number of rotatable bonds is 7. The SMILES string of the molecule is C[C@@H](NC(=O)CSCCN1C(=O)c2ccccc2S1(=O)=O)c1ccccc1Cl. The Bertz CT molecular complexity index is 1010. The molecule has 1 aliphatic rings. The van der Waals surface area contributed by atoms with E-state index in [2.05, 4.69) is 5.32 Å². The van der Waals surface area contributed by atoms with Crippen LogP contribution in [-0.2, 0) is 14.8 Å². The molecule has 0 spiro atoms. The van der Waals surface area contributed by atoms with Gasteiger partial charge in [0, 0.05) is 17.3 Å². The highest BCUT2D eigenvalue weighted by atomic mass is 35.5. The van der Waals surface area contributed by atoms with Crippen LogP contribution in [-0.4, -0.2) is 42.6 Å². The summed E-state index contributed by atoms with van der Waals surface area (Å²) in [6.07, 6.45) is 0. The van der Waals surface area contributed by atoms with Gasteiger partial charge in [-0.25, -0.2) is 12.7 Å². The minimum Gasteiger partial charge on any atom is -0.349 e. The lowest BCUT2D eigenvalue weighted by Gasteiger charge is -2.16. The number of fused-ring (bicyclic) bond motifs is 1. The first-order valence-corrected chi connectivity index (χ1v) is 11.6. The fraction of sp³-hybridized carbons (Fsp3) is 0.263. The second-order valence-corrected chi connectivity index (χ2v) is 9.58. The van der Waals surface area contributed by atoms with E-state index in [1.807, 2.05) is 25.1 Å². The Morgan fingerprint density at radius 3 is 2.57 bits per heavy atom. The minimum atomic E-state index is -3.80. The van der Waals surface area contributed by atoms with E-state index in [-0.39, 0.29) is 34.7 Å². The molecule has 6 nitrogen and oxygen atoms in total.